The number of hydrogen-bond donors (Lipinski definition) is 3. The van der Waals surface area contributed by atoms with Gasteiger partial charge < -0.3 is 19.9 Å². The van der Waals surface area contributed by atoms with E-state index < -0.39 is 0 Å². The van der Waals surface area contributed by atoms with Crippen LogP contribution < -0.4 is 4.74 Å². The second-order valence-electron chi connectivity index (χ2n) is 10.0. The fourth-order valence-corrected chi connectivity index (χ4v) is 6.46. The molecule has 0 aliphatic heterocycles. The highest BCUT2D eigenvalue weighted by molar-refractivity contribution is 5.92. The van der Waals surface area contributed by atoms with Crippen molar-refractivity contribution >= 4 is 10.8 Å². The average molecular weight is 386 g/mol. The van der Waals surface area contributed by atoms with Crippen LogP contribution in [0, 0.1) is 22.7 Å². The number of aromatic hydroxyl groups is 1. The molecule has 2 aliphatic carbocycles. The quantitative estimate of drug-likeness (QED) is 0.641. The van der Waals surface area contributed by atoms with Crippen LogP contribution in [-0.4, -0.2) is 26.9 Å². The van der Waals surface area contributed by atoms with Crippen molar-refractivity contribution in [3.8, 4) is 11.6 Å². The van der Waals surface area contributed by atoms with E-state index >= 15 is 0 Å². The fraction of sp³-hybridized carbons (Fsp3) is 0.667. The molecule has 1 aromatic carbocycles. The molecule has 5 unspecified atom stereocenters. The molecule has 4 nitrogen and oxygen atoms in total. The molecule has 3 N–H and O–H groups in total. The Morgan fingerprint density at radius 1 is 1.14 bits per heavy atom. The summed E-state index contributed by atoms with van der Waals surface area (Å²) in [4.78, 5) is 2.93. The van der Waals surface area contributed by atoms with Crippen LogP contribution in [0.15, 0.2) is 24.4 Å². The van der Waals surface area contributed by atoms with E-state index in [1.165, 1.54) is 6.42 Å². The summed E-state index contributed by atoms with van der Waals surface area (Å²) in [6, 6.07) is 5.89. The van der Waals surface area contributed by atoms with E-state index in [1.54, 1.807) is 0 Å². The number of aliphatic hydroxyl groups is 1. The molecule has 2 aromatic rings. The van der Waals surface area contributed by atoms with E-state index in [-0.39, 0.29) is 34.3 Å². The lowest BCUT2D eigenvalue weighted by Gasteiger charge is -2.65. The number of ether oxygens (including phenoxy) is 1. The zero-order valence-corrected chi connectivity index (χ0v) is 17.9. The van der Waals surface area contributed by atoms with E-state index in [0.717, 1.165) is 42.2 Å². The maximum absolute atomic E-state index is 10.8. The molecule has 5 atom stereocenters. The van der Waals surface area contributed by atoms with Crippen LogP contribution in [0.5, 0.6) is 11.6 Å². The molecule has 28 heavy (non-hydrogen) atoms. The van der Waals surface area contributed by atoms with Gasteiger partial charge in [0.2, 0.25) is 0 Å². The van der Waals surface area contributed by atoms with Gasteiger partial charge in [-0.15, -0.1) is 0 Å². The van der Waals surface area contributed by atoms with Crippen LogP contribution in [0.3, 0.4) is 0 Å². The van der Waals surface area contributed by atoms with Gasteiger partial charge in [-0.3, -0.25) is 0 Å². The number of aliphatic hydroxyl groups excluding tert-OH is 1. The smallest absolute Gasteiger partial charge is 0.196 e. The zero-order chi connectivity index (χ0) is 20.3. The third-order valence-corrected chi connectivity index (χ3v) is 8.75. The summed E-state index contributed by atoms with van der Waals surface area (Å²) in [6.07, 6.45) is 6.47. The second kappa shape index (κ2) is 6.41. The monoisotopic (exact) mass is 385 g/mol. The minimum atomic E-state index is -0.330. The Kier molecular flexibility index (Phi) is 4.50. The van der Waals surface area contributed by atoms with Gasteiger partial charge in [0.15, 0.2) is 5.88 Å². The van der Waals surface area contributed by atoms with Gasteiger partial charge in [-0.1, -0.05) is 40.7 Å². The normalized spacial score (nSPS) is 37.6. The predicted octanol–water partition coefficient (Wildman–Crippen LogP) is 5.63. The van der Waals surface area contributed by atoms with Gasteiger partial charge in [-0.25, -0.2) is 0 Å². The van der Waals surface area contributed by atoms with Crippen LogP contribution in [0.25, 0.3) is 10.8 Å². The third kappa shape index (κ3) is 2.46. The molecule has 0 bridgehead atoms. The van der Waals surface area contributed by atoms with Crippen molar-refractivity contribution in [2.24, 2.45) is 22.7 Å². The Bertz CT molecular complexity index is 872. The molecule has 4 heteroatoms. The van der Waals surface area contributed by atoms with Crippen LogP contribution >= 0.6 is 0 Å². The summed E-state index contributed by atoms with van der Waals surface area (Å²) in [5, 5.41) is 22.7. The van der Waals surface area contributed by atoms with E-state index in [0.29, 0.717) is 5.92 Å². The number of H-pyrrole nitrogens is 1. The molecule has 1 aromatic heterocycles. The molecule has 1 heterocycles. The molecule has 2 saturated carbocycles. The number of rotatable bonds is 3. The summed E-state index contributed by atoms with van der Waals surface area (Å²) in [5.41, 5.74) is -0.500. The molecule has 2 fully saturated rings. The van der Waals surface area contributed by atoms with Crippen LogP contribution in [-0.2, 0) is 0 Å². The molecular weight excluding hydrogens is 350 g/mol. The van der Waals surface area contributed by atoms with Crippen molar-refractivity contribution in [2.45, 2.75) is 78.4 Å². The van der Waals surface area contributed by atoms with Gasteiger partial charge in [-0.05, 0) is 55.6 Å². The molecule has 0 radical (unpaired) electrons. The first-order valence-corrected chi connectivity index (χ1v) is 10.8. The molecule has 4 rings (SSSR count). The molecule has 2 aliphatic rings. The molecule has 0 amide bonds. The summed E-state index contributed by atoms with van der Waals surface area (Å²) in [5.74, 6) is 1.86. The van der Waals surface area contributed by atoms with Gasteiger partial charge in [0.1, 0.15) is 11.4 Å². The summed E-state index contributed by atoms with van der Waals surface area (Å²) >= 11 is 0. The number of fused-ring (bicyclic) bond motifs is 2. The van der Waals surface area contributed by atoms with Crippen molar-refractivity contribution in [1.29, 1.82) is 0 Å². The van der Waals surface area contributed by atoms with E-state index in [2.05, 4.69) is 39.6 Å². The number of hydrogen-bond acceptors (Lipinski definition) is 3. The Labute approximate surface area is 168 Å². The van der Waals surface area contributed by atoms with Crippen molar-refractivity contribution in [3.05, 3.63) is 24.4 Å². The number of aromatic amines is 1. The summed E-state index contributed by atoms with van der Waals surface area (Å²) in [6.45, 7) is 11.5. The van der Waals surface area contributed by atoms with Gasteiger partial charge >= 0.3 is 0 Å². The minimum absolute atomic E-state index is 0.0217. The van der Waals surface area contributed by atoms with Crippen molar-refractivity contribution in [1.82, 2.24) is 4.98 Å². The maximum atomic E-state index is 10.8. The lowest BCUT2D eigenvalue weighted by atomic mass is 9.44. The minimum Gasteiger partial charge on any atom is -0.494 e. The standard InChI is InChI=1S/C24H35NO3/c1-6-23(5)15(2)10-11-19-22(3,4)20(26)12-13-24(19,23)28-18-9-7-8-16-17(18)14-25-21(16)27/h7-9,14-15,19-20,25-27H,6,10-13H2,1-5H3. The first kappa shape index (κ1) is 19.6. The topological polar surface area (TPSA) is 65.5 Å². The van der Waals surface area contributed by atoms with Gasteiger partial charge in [0, 0.05) is 28.3 Å². The number of aromatic nitrogens is 1. The van der Waals surface area contributed by atoms with Crippen molar-refractivity contribution in [3.63, 3.8) is 0 Å². The number of nitrogens with one attached hydrogen (secondary N) is 1. The SMILES string of the molecule is CCC1(C)C(C)CCC2C(C)(C)C(O)CCC21Oc1cccc2c(O)[nH]cc12. The van der Waals surface area contributed by atoms with Crippen LogP contribution in [0.4, 0.5) is 0 Å². The highest BCUT2D eigenvalue weighted by atomic mass is 16.5. The van der Waals surface area contributed by atoms with E-state index in [1.807, 2.05) is 24.4 Å². The Morgan fingerprint density at radius 3 is 2.61 bits per heavy atom. The van der Waals surface area contributed by atoms with Crippen molar-refractivity contribution < 1.29 is 14.9 Å². The van der Waals surface area contributed by atoms with E-state index in [9.17, 15) is 10.2 Å². The highest BCUT2D eigenvalue weighted by Gasteiger charge is 2.65. The van der Waals surface area contributed by atoms with Crippen molar-refractivity contribution in [2.75, 3.05) is 0 Å². The fourth-order valence-electron chi connectivity index (χ4n) is 6.46. The lowest BCUT2D eigenvalue weighted by Crippen LogP contribution is -2.68. The van der Waals surface area contributed by atoms with Gasteiger partial charge in [-0.2, -0.15) is 0 Å². The Hall–Kier alpha value is -1.68. The molecule has 154 valence electrons. The third-order valence-electron chi connectivity index (χ3n) is 8.75. The maximum Gasteiger partial charge on any atom is 0.196 e. The Morgan fingerprint density at radius 2 is 1.89 bits per heavy atom. The van der Waals surface area contributed by atoms with Gasteiger partial charge in [0.25, 0.3) is 0 Å². The molecular formula is C24H35NO3. The lowest BCUT2D eigenvalue weighted by molar-refractivity contribution is -0.227. The largest absolute Gasteiger partial charge is 0.494 e. The number of benzene rings is 1. The summed E-state index contributed by atoms with van der Waals surface area (Å²) in [7, 11) is 0. The first-order chi connectivity index (χ1) is 13.2. The highest BCUT2D eigenvalue weighted by Crippen LogP contribution is 2.64. The summed E-state index contributed by atoms with van der Waals surface area (Å²) < 4.78 is 7.09. The predicted molar refractivity (Wildman–Crippen MR) is 113 cm³/mol. The molecule has 0 spiro atoms. The van der Waals surface area contributed by atoms with E-state index in [4.69, 9.17) is 4.74 Å². The Balaban J connectivity index is 1.89. The molecule has 0 saturated heterocycles. The average Bonchev–Trinajstić information content (AvgIpc) is 3.05. The second-order valence-corrected chi connectivity index (χ2v) is 10.0. The van der Waals surface area contributed by atoms with Crippen LogP contribution in [0.2, 0.25) is 0 Å². The first-order valence-electron chi connectivity index (χ1n) is 10.8. The van der Waals surface area contributed by atoms with Gasteiger partial charge in [0.05, 0.1) is 6.10 Å². The zero-order valence-electron chi connectivity index (χ0n) is 17.9. The van der Waals surface area contributed by atoms with Crippen LogP contribution in [0.1, 0.15) is 66.7 Å².